The lowest BCUT2D eigenvalue weighted by atomic mass is 10.0. The highest BCUT2D eigenvalue weighted by atomic mass is 16.3. The molecule has 0 bridgehead atoms. The minimum Gasteiger partial charge on any atom is -0.394 e. The van der Waals surface area contributed by atoms with Crippen LogP contribution < -0.4 is 5.32 Å². The van der Waals surface area contributed by atoms with Crippen molar-refractivity contribution in [2.45, 2.75) is 212 Å². The van der Waals surface area contributed by atoms with E-state index in [0.29, 0.717) is 6.42 Å². The van der Waals surface area contributed by atoms with E-state index in [2.05, 4.69) is 67.8 Å². The molecule has 2 atom stereocenters. The highest BCUT2D eigenvalue weighted by molar-refractivity contribution is 5.76. The lowest BCUT2D eigenvalue weighted by Gasteiger charge is -2.19. The number of nitrogens with one attached hydrogen (secondary N) is 1. The highest BCUT2D eigenvalue weighted by Crippen LogP contribution is 2.14. The number of carbonyl (C=O) groups excluding carboxylic acids is 1. The monoisotopic (exact) mass is 684 g/mol. The van der Waals surface area contributed by atoms with Gasteiger partial charge in [-0.05, 0) is 70.6 Å². The van der Waals surface area contributed by atoms with Gasteiger partial charge in [-0.1, -0.05) is 184 Å². The summed E-state index contributed by atoms with van der Waals surface area (Å²) in [5, 5.41) is 22.8. The third kappa shape index (κ3) is 37.2. The summed E-state index contributed by atoms with van der Waals surface area (Å²) < 4.78 is 0. The topological polar surface area (TPSA) is 69.6 Å². The minimum absolute atomic E-state index is 0.0804. The average Bonchev–Trinajstić information content (AvgIpc) is 3.10. The van der Waals surface area contributed by atoms with Crippen LogP contribution in [0, 0.1) is 0 Å². The van der Waals surface area contributed by atoms with Crippen molar-refractivity contribution >= 4 is 5.91 Å². The Hall–Kier alpha value is -1.91. The van der Waals surface area contributed by atoms with Crippen LogP contribution in [0.2, 0.25) is 0 Å². The molecule has 0 fully saturated rings. The van der Waals surface area contributed by atoms with Crippen LogP contribution in [-0.4, -0.2) is 34.9 Å². The van der Waals surface area contributed by atoms with E-state index >= 15 is 0 Å². The summed E-state index contributed by atoms with van der Waals surface area (Å²) in [5.41, 5.74) is 0. The van der Waals surface area contributed by atoms with Gasteiger partial charge in [-0.2, -0.15) is 0 Å². The first-order valence-electron chi connectivity index (χ1n) is 21.0. The van der Waals surface area contributed by atoms with E-state index in [0.717, 1.165) is 44.9 Å². The average molecular weight is 684 g/mol. The first-order chi connectivity index (χ1) is 24.2. The Labute approximate surface area is 305 Å². The Morgan fingerprint density at radius 1 is 0.490 bits per heavy atom. The van der Waals surface area contributed by atoms with E-state index in [9.17, 15) is 15.0 Å². The number of hydrogen-bond donors (Lipinski definition) is 3. The summed E-state index contributed by atoms with van der Waals surface area (Å²) in [6, 6.07) is -0.639. The minimum atomic E-state index is -0.862. The van der Waals surface area contributed by atoms with Crippen molar-refractivity contribution in [1.29, 1.82) is 0 Å². The lowest BCUT2D eigenvalue weighted by molar-refractivity contribution is -0.123. The molecule has 2 unspecified atom stereocenters. The van der Waals surface area contributed by atoms with Crippen LogP contribution in [0.3, 0.4) is 0 Å². The lowest BCUT2D eigenvalue weighted by Crippen LogP contribution is -2.45. The predicted molar refractivity (Wildman–Crippen MR) is 216 cm³/mol. The Bertz CT molecular complexity index is 827. The second-order valence-electron chi connectivity index (χ2n) is 14.0. The quantitative estimate of drug-likeness (QED) is 0.0451. The van der Waals surface area contributed by atoms with Gasteiger partial charge in [0.25, 0.3) is 0 Å². The highest BCUT2D eigenvalue weighted by Gasteiger charge is 2.17. The zero-order chi connectivity index (χ0) is 35.7. The molecule has 0 saturated heterocycles. The fraction of sp³-hybridized carbons (Fsp3) is 0.756. The number of aliphatic hydroxyl groups is 2. The van der Waals surface area contributed by atoms with Gasteiger partial charge in [-0.3, -0.25) is 4.79 Å². The fourth-order valence-corrected chi connectivity index (χ4v) is 5.96. The van der Waals surface area contributed by atoms with Crippen molar-refractivity contribution in [2.24, 2.45) is 0 Å². The third-order valence-electron chi connectivity index (χ3n) is 9.22. The molecule has 0 aliphatic rings. The second kappa shape index (κ2) is 40.5. The van der Waals surface area contributed by atoms with Crippen molar-refractivity contribution in [3.63, 3.8) is 0 Å². The largest absolute Gasteiger partial charge is 0.394 e. The molecule has 49 heavy (non-hydrogen) atoms. The van der Waals surface area contributed by atoms with Gasteiger partial charge in [0.15, 0.2) is 0 Å². The van der Waals surface area contributed by atoms with Crippen LogP contribution in [0.1, 0.15) is 200 Å². The van der Waals surface area contributed by atoms with Crippen LogP contribution >= 0.6 is 0 Å². The summed E-state index contributed by atoms with van der Waals surface area (Å²) in [7, 11) is 0. The Kier molecular flexibility index (Phi) is 38.9. The molecule has 0 saturated carbocycles. The van der Waals surface area contributed by atoms with Crippen molar-refractivity contribution in [1.82, 2.24) is 5.32 Å². The van der Waals surface area contributed by atoms with E-state index in [1.807, 2.05) is 6.08 Å². The number of amides is 1. The Morgan fingerprint density at radius 3 is 1.35 bits per heavy atom. The zero-order valence-corrected chi connectivity index (χ0v) is 32.4. The van der Waals surface area contributed by atoms with Gasteiger partial charge >= 0.3 is 0 Å². The predicted octanol–water partition coefficient (Wildman–Crippen LogP) is 13.0. The summed E-state index contributed by atoms with van der Waals surface area (Å²) in [5.74, 6) is -0.0804. The van der Waals surface area contributed by atoms with Crippen LogP contribution in [0.5, 0.6) is 0 Å². The van der Waals surface area contributed by atoms with Gasteiger partial charge in [-0.15, -0.1) is 0 Å². The van der Waals surface area contributed by atoms with Crippen LogP contribution in [0.4, 0.5) is 0 Å². The molecule has 0 aromatic heterocycles. The van der Waals surface area contributed by atoms with Crippen LogP contribution in [0.25, 0.3) is 0 Å². The van der Waals surface area contributed by atoms with Gasteiger partial charge < -0.3 is 15.5 Å². The molecule has 0 heterocycles. The first kappa shape index (κ1) is 47.1. The van der Waals surface area contributed by atoms with Crippen molar-refractivity contribution in [2.75, 3.05) is 6.61 Å². The number of unbranched alkanes of at least 4 members (excludes halogenated alkanes) is 22. The van der Waals surface area contributed by atoms with E-state index in [-0.39, 0.29) is 12.5 Å². The maximum Gasteiger partial charge on any atom is 0.220 e. The summed E-state index contributed by atoms with van der Waals surface area (Å²) in [6.07, 6.45) is 56.2. The van der Waals surface area contributed by atoms with Crippen molar-refractivity contribution in [3.8, 4) is 0 Å². The molecular weight excluding hydrogens is 602 g/mol. The van der Waals surface area contributed by atoms with E-state index in [1.54, 1.807) is 6.08 Å². The molecule has 0 aromatic carbocycles. The SMILES string of the molecule is CCCCCC/C=C/CC/C=C/C(O)C(CO)NC(=O)CCCCCCCCCCCCCC/C=C\C/C=C\C/C=C\CCCCCCC. The van der Waals surface area contributed by atoms with E-state index < -0.39 is 12.1 Å². The summed E-state index contributed by atoms with van der Waals surface area (Å²) in [6.45, 7) is 4.24. The Balaban J connectivity index is 3.56. The van der Waals surface area contributed by atoms with Crippen LogP contribution in [-0.2, 0) is 4.79 Å². The zero-order valence-electron chi connectivity index (χ0n) is 32.4. The number of allylic oxidation sites excluding steroid dienone is 9. The van der Waals surface area contributed by atoms with Gasteiger partial charge in [0.1, 0.15) is 0 Å². The van der Waals surface area contributed by atoms with E-state index in [1.165, 1.54) is 135 Å². The van der Waals surface area contributed by atoms with E-state index in [4.69, 9.17) is 0 Å². The Morgan fingerprint density at radius 2 is 0.857 bits per heavy atom. The number of rotatable bonds is 37. The molecule has 0 radical (unpaired) electrons. The van der Waals surface area contributed by atoms with Gasteiger partial charge in [-0.25, -0.2) is 0 Å². The summed E-state index contributed by atoms with van der Waals surface area (Å²) >= 11 is 0. The molecule has 284 valence electrons. The third-order valence-corrected chi connectivity index (χ3v) is 9.22. The van der Waals surface area contributed by atoms with Crippen molar-refractivity contribution in [3.05, 3.63) is 60.8 Å². The number of aliphatic hydroxyl groups excluding tert-OH is 2. The molecule has 0 aromatic rings. The molecule has 4 heteroatoms. The fourth-order valence-electron chi connectivity index (χ4n) is 5.96. The molecule has 0 spiro atoms. The maximum absolute atomic E-state index is 12.3. The molecule has 4 nitrogen and oxygen atoms in total. The van der Waals surface area contributed by atoms with Crippen molar-refractivity contribution < 1.29 is 15.0 Å². The number of carbonyl (C=O) groups is 1. The van der Waals surface area contributed by atoms with Gasteiger partial charge in [0.05, 0.1) is 18.8 Å². The summed E-state index contributed by atoms with van der Waals surface area (Å²) in [4.78, 5) is 12.3. The normalized spacial score (nSPS) is 13.6. The van der Waals surface area contributed by atoms with Crippen LogP contribution in [0.15, 0.2) is 60.8 Å². The first-order valence-corrected chi connectivity index (χ1v) is 21.0. The molecule has 0 rings (SSSR count). The second-order valence-corrected chi connectivity index (χ2v) is 14.0. The standard InChI is InChI=1S/C45H81NO3/c1-3-5-7-9-11-13-15-16-17-18-19-20-21-22-23-24-25-26-27-28-29-30-31-33-35-37-39-41-45(49)46-43(42-47)44(48)40-38-36-34-32-14-12-10-8-6-4-2/h14-16,18-19,21-22,32,38,40,43-44,47-48H,3-13,17,20,23-31,33-37,39,41-42H2,1-2H3,(H,46,49)/b16-15-,19-18-,22-21-,32-14+,40-38+. The molecular formula is C45H81NO3. The maximum atomic E-state index is 12.3. The molecule has 1 amide bonds. The van der Waals surface area contributed by atoms with Gasteiger partial charge in [0.2, 0.25) is 5.91 Å². The smallest absolute Gasteiger partial charge is 0.220 e. The molecule has 3 N–H and O–H groups in total. The van der Waals surface area contributed by atoms with Gasteiger partial charge in [0, 0.05) is 6.42 Å². The molecule has 0 aliphatic carbocycles. The molecule has 0 aliphatic heterocycles. The number of hydrogen-bond acceptors (Lipinski definition) is 3.